The highest BCUT2D eigenvalue weighted by atomic mass is 32.2. The predicted octanol–water partition coefficient (Wildman–Crippen LogP) is 2.58. The number of rotatable bonds is 4. The monoisotopic (exact) mass is 548 g/mol. The van der Waals surface area contributed by atoms with Crippen molar-refractivity contribution in [2.45, 2.75) is 42.9 Å². The largest absolute Gasteiger partial charge is 0.490 e. The SMILES string of the molecule is Cc1nc(CN2CCN(C)C(=O)C23CCN(S(=O)(=O)c2ccccc2)CC3)cs1.O=C(O)C(F)(F)F. The van der Waals surface area contributed by atoms with E-state index in [9.17, 15) is 26.4 Å². The van der Waals surface area contributed by atoms with Crippen molar-refractivity contribution in [2.24, 2.45) is 0 Å². The van der Waals surface area contributed by atoms with Crippen molar-refractivity contribution in [1.29, 1.82) is 0 Å². The fraction of sp³-hybridized carbons (Fsp3) is 0.500. The number of hydrogen-bond donors (Lipinski definition) is 1. The quantitative estimate of drug-likeness (QED) is 0.625. The molecule has 2 aromatic rings. The van der Waals surface area contributed by atoms with Crippen molar-refractivity contribution in [1.82, 2.24) is 19.1 Å². The Kier molecular flexibility index (Phi) is 8.43. The van der Waals surface area contributed by atoms with Crippen LogP contribution in [0, 0.1) is 6.92 Å². The summed E-state index contributed by atoms with van der Waals surface area (Å²) < 4.78 is 59.2. The number of aliphatic carboxylic acids is 1. The molecule has 0 radical (unpaired) electrons. The fourth-order valence-electron chi connectivity index (χ4n) is 4.35. The molecule has 2 saturated heterocycles. The van der Waals surface area contributed by atoms with Crippen molar-refractivity contribution in [3.05, 3.63) is 46.4 Å². The van der Waals surface area contributed by atoms with Gasteiger partial charge in [0.1, 0.15) is 5.54 Å². The third kappa shape index (κ3) is 6.05. The Labute approximate surface area is 211 Å². The number of amides is 1. The van der Waals surface area contributed by atoms with Gasteiger partial charge in [-0.25, -0.2) is 18.2 Å². The third-order valence-corrected chi connectivity index (χ3v) is 8.98. The molecule has 9 nitrogen and oxygen atoms in total. The lowest BCUT2D eigenvalue weighted by atomic mass is 9.83. The first-order valence-electron chi connectivity index (χ1n) is 11.0. The van der Waals surface area contributed by atoms with Crippen LogP contribution in [0.5, 0.6) is 0 Å². The average Bonchev–Trinajstić information content (AvgIpc) is 3.25. The summed E-state index contributed by atoms with van der Waals surface area (Å²) >= 11 is 1.61. The van der Waals surface area contributed by atoms with Crippen LogP contribution in [0.1, 0.15) is 23.5 Å². The Morgan fingerprint density at radius 3 is 2.22 bits per heavy atom. The molecule has 0 unspecified atom stereocenters. The van der Waals surface area contributed by atoms with Crippen LogP contribution >= 0.6 is 11.3 Å². The number of hydrogen-bond acceptors (Lipinski definition) is 7. The van der Waals surface area contributed by atoms with Crippen LogP contribution in [0.15, 0.2) is 40.6 Å². The molecule has 198 valence electrons. The Balaban J connectivity index is 0.000000454. The van der Waals surface area contributed by atoms with E-state index in [2.05, 4.69) is 9.88 Å². The van der Waals surface area contributed by atoms with Gasteiger partial charge in [-0.3, -0.25) is 9.69 Å². The molecule has 1 aromatic heterocycles. The van der Waals surface area contributed by atoms with Crippen LogP contribution in [-0.4, -0.2) is 89.4 Å². The molecule has 2 fully saturated rings. The van der Waals surface area contributed by atoms with E-state index in [0.29, 0.717) is 43.9 Å². The van der Waals surface area contributed by atoms with E-state index < -0.39 is 27.7 Å². The lowest BCUT2D eigenvalue weighted by Gasteiger charge is -2.51. The van der Waals surface area contributed by atoms with E-state index in [1.54, 1.807) is 46.6 Å². The maximum Gasteiger partial charge on any atom is 0.490 e. The summed E-state index contributed by atoms with van der Waals surface area (Å²) in [6.45, 7) is 4.72. The molecule has 1 amide bonds. The lowest BCUT2D eigenvalue weighted by molar-refractivity contribution is -0.192. The molecular weight excluding hydrogens is 521 g/mol. The molecule has 36 heavy (non-hydrogen) atoms. The number of carbonyl (C=O) groups is 2. The van der Waals surface area contributed by atoms with E-state index in [1.165, 1.54) is 4.31 Å². The molecule has 1 aromatic carbocycles. The van der Waals surface area contributed by atoms with Gasteiger partial charge in [-0.05, 0) is 31.9 Å². The zero-order valence-electron chi connectivity index (χ0n) is 19.7. The number of carboxylic acid groups (broad SMARTS) is 1. The summed E-state index contributed by atoms with van der Waals surface area (Å²) in [5.74, 6) is -2.67. The van der Waals surface area contributed by atoms with Gasteiger partial charge in [-0.2, -0.15) is 17.5 Å². The van der Waals surface area contributed by atoms with E-state index in [0.717, 1.165) is 17.2 Å². The summed E-state index contributed by atoms with van der Waals surface area (Å²) in [6.07, 6.45) is -4.10. The zero-order chi connectivity index (χ0) is 26.7. The molecule has 1 spiro atoms. The first-order valence-corrected chi connectivity index (χ1v) is 13.4. The third-order valence-electron chi connectivity index (χ3n) is 6.25. The van der Waals surface area contributed by atoms with Crippen molar-refractivity contribution >= 4 is 33.2 Å². The Hall–Kier alpha value is -2.55. The standard InChI is InChI=1S/C20H26N4O3S2.C2HF3O2/c1-16-21-17(15-28-16)14-23-13-12-22(2)19(25)20(23)8-10-24(11-9-20)29(26,27)18-6-4-3-5-7-18;3-2(4,5)1(6)7/h3-7,15H,8-14H2,1-2H3;(H,6,7). The molecule has 2 aliphatic rings. The van der Waals surface area contributed by atoms with E-state index in [-0.39, 0.29) is 5.91 Å². The number of carboxylic acids is 1. The summed E-state index contributed by atoms with van der Waals surface area (Å²) in [7, 11) is -1.71. The average molecular weight is 549 g/mol. The maximum atomic E-state index is 13.2. The molecule has 0 atom stereocenters. The molecule has 0 saturated carbocycles. The zero-order valence-corrected chi connectivity index (χ0v) is 21.4. The number of benzene rings is 1. The molecule has 14 heteroatoms. The number of halogens is 3. The number of likely N-dealkylation sites (N-methyl/N-ethyl adjacent to an activating group) is 1. The van der Waals surface area contributed by atoms with Gasteiger partial charge in [0.25, 0.3) is 0 Å². The fourth-order valence-corrected chi connectivity index (χ4v) is 6.42. The number of aromatic nitrogens is 1. The minimum absolute atomic E-state index is 0.0902. The molecule has 4 rings (SSSR count). The van der Waals surface area contributed by atoms with E-state index >= 15 is 0 Å². The minimum Gasteiger partial charge on any atom is -0.475 e. The van der Waals surface area contributed by atoms with Crippen molar-refractivity contribution in [2.75, 3.05) is 33.2 Å². The molecule has 3 heterocycles. The van der Waals surface area contributed by atoms with Gasteiger partial charge in [0.2, 0.25) is 15.9 Å². The molecule has 0 bridgehead atoms. The first-order chi connectivity index (χ1) is 16.8. The number of sulfonamides is 1. The number of aryl methyl sites for hydroxylation is 1. The lowest BCUT2D eigenvalue weighted by Crippen LogP contribution is -2.68. The maximum absolute atomic E-state index is 13.2. The number of piperazine rings is 1. The second kappa shape index (κ2) is 10.8. The summed E-state index contributed by atoms with van der Waals surface area (Å²) in [5, 5.41) is 10.2. The minimum atomic E-state index is -5.08. The van der Waals surface area contributed by atoms with Crippen LogP contribution in [0.3, 0.4) is 0 Å². The van der Waals surface area contributed by atoms with E-state index in [1.807, 2.05) is 19.4 Å². The Morgan fingerprint density at radius 1 is 1.14 bits per heavy atom. The van der Waals surface area contributed by atoms with Crippen molar-refractivity contribution < 1.29 is 36.3 Å². The number of piperidine rings is 1. The topological polar surface area (TPSA) is 111 Å². The number of carbonyl (C=O) groups excluding carboxylic acids is 1. The van der Waals surface area contributed by atoms with Crippen LogP contribution in [0.2, 0.25) is 0 Å². The van der Waals surface area contributed by atoms with Gasteiger partial charge in [-0.15, -0.1) is 11.3 Å². The summed E-state index contributed by atoms with van der Waals surface area (Å²) in [6, 6.07) is 8.51. The van der Waals surface area contributed by atoms with Crippen LogP contribution in [0.25, 0.3) is 0 Å². The Bertz CT molecular complexity index is 1180. The predicted molar refractivity (Wildman–Crippen MR) is 126 cm³/mol. The highest BCUT2D eigenvalue weighted by molar-refractivity contribution is 7.89. The number of nitrogens with zero attached hydrogens (tertiary/aromatic N) is 4. The smallest absolute Gasteiger partial charge is 0.475 e. The van der Waals surface area contributed by atoms with Crippen LogP contribution in [-0.2, 0) is 26.2 Å². The van der Waals surface area contributed by atoms with Gasteiger partial charge in [0.05, 0.1) is 15.6 Å². The molecule has 0 aliphatic carbocycles. The van der Waals surface area contributed by atoms with Gasteiger partial charge >= 0.3 is 12.1 Å². The van der Waals surface area contributed by atoms with E-state index in [4.69, 9.17) is 9.90 Å². The highest BCUT2D eigenvalue weighted by Gasteiger charge is 2.51. The molecular formula is C22H27F3N4O5S2. The number of thiazole rings is 1. The molecule has 1 N–H and O–H groups in total. The molecule has 2 aliphatic heterocycles. The van der Waals surface area contributed by atoms with Gasteiger partial charge in [0, 0.05) is 45.2 Å². The van der Waals surface area contributed by atoms with Gasteiger partial charge in [0.15, 0.2) is 0 Å². The van der Waals surface area contributed by atoms with Crippen LogP contribution in [0.4, 0.5) is 13.2 Å². The van der Waals surface area contributed by atoms with Gasteiger partial charge < -0.3 is 10.0 Å². The van der Waals surface area contributed by atoms with Gasteiger partial charge in [-0.1, -0.05) is 18.2 Å². The Morgan fingerprint density at radius 2 is 1.72 bits per heavy atom. The first kappa shape index (κ1) is 28.0. The number of alkyl halides is 3. The summed E-state index contributed by atoms with van der Waals surface area (Å²) in [4.78, 5) is 31.0. The highest BCUT2D eigenvalue weighted by Crippen LogP contribution is 2.36. The van der Waals surface area contributed by atoms with Crippen LogP contribution < -0.4 is 0 Å². The summed E-state index contributed by atoms with van der Waals surface area (Å²) in [5.41, 5.74) is 0.316. The normalized spacial score (nSPS) is 19.1. The van der Waals surface area contributed by atoms with Crippen molar-refractivity contribution in [3.63, 3.8) is 0 Å². The second-order valence-electron chi connectivity index (χ2n) is 8.56. The van der Waals surface area contributed by atoms with Crippen molar-refractivity contribution in [3.8, 4) is 0 Å². The second-order valence-corrected chi connectivity index (χ2v) is 11.6.